The largest absolute Gasteiger partial charge is 0.359 e. The summed E-state index contributed by atoms with van der Waals surface area (Å²) in [5.74, 6) is -0.536. The molecule has 0 aliphatic carbocycles. The number of nitrogens with zero attached hydrogens (tertiary/aromatic N) is 1. The molecule has 154 valence electrons. The number of nitrogens with one attached hydrogen (secondary N) is 2. The Labute approximate surface area is 175 Å². The van der Waals surface area contributed by atoms with E-state index in [-0.39, 0.29) is 29.5 Å². The average molecular weight is 403 g/mol. The van der Waals surface area contributed by atoms with Gasteiger partial charge in [0.05, 0.1) is 12.5 Å². The van der Waals surface area contributed by atoms with E-state index in [2.05, 4.69) is 10.6 Å². The molecule has 0 radical (unpaired) electrons. The van der Waals surface area contributed by atoms with E-state index >= 15 is 0 Å². The maximum absolute atomic E-state index is 13.1. The summed E-state index contributed by atoms with van der Waals surface area (Å²) in [6, 6.07) is 18.3. The van der Waals surface area contributed by atoms with Crippen LogP contribution in [-0.2, 0) is 11.2 Å². The first-order valence-electron chi connectivity index (χ1n) is 9.78. The zero-order chi connectivity index (χ0) is 21.7. The van der Waals surface area contributed by atoms with Crippen molar-refractivity contribution in [2.24, 2.45) is 0 Å². The Morgan fingerprint density at radius 2 is 1.67 bits per heavy atom. The Bertz CT molecular complexity index is 1100. The van der Waals surface area contributed by atoms with Gasteiger partial charge in [-0.1, -0.05) is 42.5 Å². The van der Waals surface area contributed by atoms with Gasteiger partial charge in [-0.15, -0.1) is 0 Å². The summed E-state index contributed by atoms with van der Waals surface area (Å²) in [5, 5.41) is 5.36. The fourth-order valence-corrected chi connectivity index (χ4v) is 3.29. The second kappa shape index (κ2) is 9.22. The zero-order valence-electron chi connectivity index (χ0n) is 17.3. The third kappa shape index (κ3) is 4.66. The smallest absolute Gasteiger partial charge is 0.264 e. The standard InChI is InChI=1S/C24H25N3O3/c1-16-13-14-27(17(2)19-7-5-4-6-8-19)24(30)22(16)23(29)26-20-11-9-18(10-12-20)15-21(28)25-3/h4-14,17H,15H2,1-3H3,(H,25,28)(H,26,29). The zero-order valence-corrected chi connectivity index (χ0v) is 17.3. The highest BCUT2D eigenvalue weighted by molar-refractivity contribution is 6.05. The van der Waals surface area contributed by atoms with Crippen LogP contribution in [0.2, 0.25) is 0 Å². The van der Waals surface area contributed by atoms with Crippen molar-refractivity contribution >= 4 is 17.5 Å². The van der Waals surface area contributed by atoms with E-state index < -0.39 is 5.91 Å². The number of hydrogen-bond donors (Lipinski definition) is 2. The first-order valence-corrected chi connectivity index (χ1v) is 9.78. The number of rotatable bonds is 6. The summed E-state index contributed by atoms with van der Waals surface area (Å²) < 4.78 is 1.57. The minimum Gasteiger partial charge on any atom is -0.359 e. The van der Waals surface area contributed by atoms with Gasteiger partial charge >= 0.3 is 0 Å². The number of aromatic nitrogens is 1. The minimum atomic E-state index is -0.453. The van der Waals surface area contributed by atoms with Crippen molar-refractivity contribution < 1.29 is 9.59 Å². The molecule has 6 heteroatoms. The second-order valence-electron chi connectivity index (χ2n) is 7.17. The SMILES string of the molecule is CNC(=O)Cc1ccc(NC(=O)c2c(C)ccn(C(C)c3ccccc3)c2=O)cc1. The van der Waals surface area contributed by atoms with Crippen LogP contribution in [0, 0.1) is 6.92 Å². The number of aryl methyl sites for hydroxylation is 1. The van der Waals surface area contributed by atoms with Crippen molar-refractivity contribution in [3.8, 4) is 0 Å². The molecule has 2 aromatic carbocycles. The predicted octanol–water partition coefficient (Wildman–Crippen LogP) is 3.31. The van der Waals surface area contributed by atoms with Gasteiger partial charge in [0.15, 0.2) is 0 Å². The molecule has 1 atom stereocenters. The van der Waals surface area contributed by atoms with Crippen LogP contribution in [0.4, 0.5) is 5.69 Å². The number of carbonyl (C=O) groups excluding carboxylic acids is 2. The van der Waals surface area contributed by atoms with Gasteiger partial charge in [0.2, 0.25) is 5.91 Å². The Hall–Kier alpha value is -3.67. The van der Waals surface area contributed by atoms with Crippen LogP contribution in [0.5, 0.6) is 0 Å². The van der Waals surface area contributed by atoms with Crippen molar-refractivity contribution in [1.82, 2.24) is 9.88 Å². The molecule has 1 unspecified atom stereocenters. The van der Waals surface area contributed by atoms with Gasteiger partial charge in [0.25, 0.3) is 11.5 Å². The highest BCUT2D eigenvalue weighted by Crippen LogP contribution is 2.17. The molecule has 0 fully saturated rings. The number of likely N-dealkylation sites (N-methyl/N-ethyl adjacent to an activating group) is 1. The lowest BCUT2D eigenvalue weighted by molar-refractivity contribution is -0.119. The average Bonchev–Trinajstić information content (AvgIpc) is 2.75. The molecule has 6 nitrogen and oxygen atoms in total. The third-order valence-corrected chi connectivity index (χ3v) is 5.11. The van der Waals surface area contributed by atoms with E-state index in [1.165, 1.54) is 0 Å². The van der Waals surface area contributed by atoms with Crippen LogP contribution >= 0.6 is 0 Å². The van der Waals surface area contributed by atoms with E-state index in [1.807, 2.05) is 37.3 Å². The van der Waals surface area contributed by atoms with Crippen LogP contribution in [0.25, 0.3) is 0 Å². The van der Waals surface area contributed by atoms with Gasteiger partial charge in [0, 0.05) is 18.9 Å². The van der Waals surface area contributed by atoms with Crippen molar-refractivity contribution in [2.45, 2.75) is 26.3 Å². The van der Waals surface area contributed by atoms with Crippen LogP contribution in [0.1, 0.15) is 40.0 Å². The number of pyridine rings is 1. The molecule has 2 N–H and O–H groups in total. The molecule has 0 aliphatic heterocycles. The van der Waals surface area contributed by atoms with E-state index in [1.54, 1.807) is 55.1 Å². The van der Waals surface area contributed by atoms with Crippen LogP contribution in [0.3, 0.4) is 0 Å². The second-order valence-corrected chi connectivity index (χ2v) is 7.17. The molecule has 30 heavy (non-hydrogen) atoms. The summed E-state index contributed by atoms with van der Waals surface area (Å²) >= 11 is 0. The molecule has 0 saturated heterocycles. The lowest BCUT2D eigenvalue weighted by Gasteiger charge is -2.17. The minimum absolute atomic E-state index is 0.0835. The van der Waals surface area contributed by atoms with Crippen molar-refractivity contribution in [3.05, 3.63) is 99.5 Å². The quantitative estimate of drug-likeness (QED) is 0.663. The number of amides is 2. The lowest BCUT2D eigenvalue weighted by atomic mass is 10.1. The maximum Gasteiger partial charge on any atom is 0.264 e. The summed E-state index contributed by atoms with van der Waals surface area (Å²) in [5.41, 5.74) is 2.79. The molecule has 0 aliphatic rings. The predicted molar refractivity (Wildman–Crippen MR) is 118 cm³/mol. The molecule has 3 rings (SSSR count). The van der Waals surface area contributed by atoms with Gasteiger partial charge in [0.1, 0.15) is 5.56 Å². The fourth-order valence-electron chi connectivity index (χ4n) is 3.29. The summed E-state index contributed by atoms with van der Waals surface area (Å²) in [7, 11) is 1.59. The Morgan fingerprint density at radius 3 is 2.30 bits per heavy atom. The van der Waals surface area contributed by atoms with Gasteiger partial charge < -0.3 is 15.2 Å². The number of hydrogen-bond acceptors (Lipinski definition) is 3. The highest BCUT2D eigenvalue weighted by atomic mass is 16.2. The molecule has 0 bridgehead atoms. The topological polar surface area (TPSA) is 80.2 Å². The van der Waals surface area contributed by atoms with Crippen molar-refractivity contribution in [2.75, 3.05) is 12.4 Å². The lowest BCUT2D eigenvalue weighted by Crippen LogP contribution is -2.32. The third-order valence-electron chi connectivity index (χ3n) is 5.11. The molecular formula is C24H25N3O3. The number of carbonyl (C=O) groups is 2. The maximum atomic E-state index is 13.1. The monoisotopic (exact) mass is 403 g/mol. The molecule has 0 spiro atoms. The highest BCUT2D eigenvalue weighted by Gasteiger charge is 2.19. The van der Waals surface area contributed by atoms with Crippen LogP contribution < -0.4 is 16.2 Å². The van der Waals surface area contributed by atoms with Crippen molar-refractivity contribution in [1.29, 1.82) is 0 Å². The molecule has 1 heterocycles. The molecule has 1 aromatic heterocycles. The van der Waals surface area contributed by atoms with Crippen LogP contribution in [0.15, 0.2) is 71.7 Å². The Kier molecular flexibility index (Phi) is 6.47. The van der Waals surface area contributed by atoms with E-state index in [0.717, 1.165) is 11.1 Å². The Morgan fingerprint density at radius 1 is 1.00 bits per heavy atom. The first kappa shape index (κ1) is 21.0. The molecule has 2 amide bonds. The summed E-state index contributed by atoms with van der Waals surface area (Å²) in [6.07, 6.45) is 1.99. The molecule has 0 saturated carbocycles. The van der Waals surface area contributed by atoms with E-state index in [9.17, 15) is 14.4 Å². The molecule has 3 aromatic rings. The van der Waals surface area contributed by atoms with Gasteiger partial charge in [-0.2, -0.15) is 0 Å². The van der Waals surface area contributed by atoms with Gasteiger partial charge in [-0.25, -0.2) is 0 Å². The fraction of sp³-hybridized carbons (Fsp3) is 0.208. The Balaban J connectivity index is 1.84. The van der Waals surface area contributed by atoms with Gasteiger partial charge in [-0.05, 0) is 48.7 Å². The normalized spacial score (nSPS) is 11.6. The number of benzene rings is 2. The van der Waals surface area contributed by atoms with Crippen LogP contribution in [-0.4, -0.2) is 23.4 Å². The number of anilines is 1. The van der Waals surface area contributed by atoms with Gasteiger partial charge in [-0.3, -0.25) is 14.4 Å². The first-order chi connectivity index (χ1) is 14.4. The summed E-state index contributed by atoms with van der Waals surface area (Å²) in [4.78, 5) is 37.5. The molecular weight excluding hydrogens is 378 g/mol. The summed E-state index contributed by atoms with van der Waals surface area (Å²) in [6.45, 7) is 3.68. The van der Waals surface area contributed by atoms with E-state index in [4.69, 9.17) is 0 Å². The van der Waals surface area contributed by atoms with Crippen molar-refractivity contribution in [3.63, 3.8) is 0 Å². The van der Waals surface area contributed by atoms with E-state index in [0.29, 0.717) is 11.3 Å².